The van der Waals surface area contributed by atoms with Crippen LogP contribution in [0, 0.1) is 0 Å². The van der Waals surface area contributed by atoms with E-state index in [-0.39, 0.29) is 6.04 Å². The van der Waals surface area contributed by atoms with Crippen LogP contribution in [0.15, 0.2) is 42.9 Å². The topological polar surface area (TPSA) is 69.7 Å². The smallest absolute Gasteiger partial charge is 0.160 e. The molecule has 3 aromatic rings. The van der Waals surface area contributed by atoms with Crippen molar-refractivity contribution in [2.45, 2.75) is 25.1 Å². The summed E-state index contributed by atoms with van der Waals surface area (Å²) >= 11 is 0. The maximum atomic E-state index is 14.7. The highest BCUT2D eigenvalue weighted by Crippen LogP contribution is 2.22. The first-order valence-electron chi connectivity index (χ1n) is 8.60. The molecule has 130 valence electrons. The molecule has 0 saturated carbocycles. The van der Waals surface area contributed by atoms with Gasteiger partial charge in [0.15, 0.2) is 5.65 Å². The van der Waals surface area contributed by atoms with Gasteiger partial charge in [-0.05, 0) is 18.4 Å². The van der Waals surface area contributed by atoms with Crippen LogP contribution in [0.4, 0.5) is 10.2 Å². The first kappa shape index (κ1) is 16.0. The van der Waals surface area contributed by atoms with E-state index in [1.807, 2.05) is 18.2 Å². The van der Waals surface area contributed by atoms with Crippen molar-refractivity contribution >= 4 is 16.9 Å². The molecule has 1 aliphatic heterocycles. The number of nitrogens with zero attached hydrogens (tertiary/aromatic N) is 4. The van der Waals surface area contributed by atoms with Gasteiger partial charge in [0.2, 0.25) is 0 Å². The molecule has 2 aromatic heterocycles. The zero-order valence-electron chi connectivity index (χ0n) is 13.9. The summed E-state index contributed by atoms with van der Waals surface area (Å²) in [6.45, 7) is 2.21. The van der Waals surface area contributed by atoms with Crippen LogP contribution in [0.3, 0.4) is 0 Å². The van der Waals surface area contributed by atoms with Gasteiger partial charge in [-0.25, -0.2) is 14.4 Å². The lowest BCUT2D eigenvalue weighted by Crippen LogP contribution is -2.48. The van der Waals surface area contributed by atoms with Crippen LogP contribution >= 0.6 is 0 Å². The van der Waals surface area contributed by atoms with E-state index in [0.29, 0.717) is 18.0 Å². The lowest BCUT2D eigenvalue weighted by Gasteiger charge is -2.35. The van der Waals surface area contributed by atoms with E-state index in [1.54, 1.807) is 6.20 Å². The van der Waals surface area contributed by atoms with Crippen molar-refractivity contribution in [1.29, 1.82) is 0 Å². The average Bonchev–Trinajstić information content (AvgIpc) is 3.13. The van der Waals surface area contributed by atoms with Gasteiger partial charge in [-0.3, -0.25) is 10.00 Å². The van der Waals surface area contributed by atoms with Crippen LogP contribution in [-0.2, 0) is 6.42 Å². The number of fused-ring (bicyclic) bond motifs is 1. The summed E-state index contributed by atoms with van der Waals surface area (Å²) in [6.07, 6.45) is 3.90. The van der Waals surface area contributed by atoms with Crippen molar-refractivity contribution in [2.75, 3.05) is 25.0 Å². The summed E-state index contributed by atoms with van der Waals surface area (Å²) in [6, 6.07) is 10.1. The van der Waals surface area contributed by atoms with E-state index < -0.39 is 6.17 Å². The first-order chi connectivity index (χ1) is 12.3. The van der Waals surface area contributed by atoms with E-state index in [4.69, 9.17) is 0 Å². The summed E-state index contributed by atoms with van der Waals surface area (Å²) in [7, 11) is 0. The number of hydrogen-bond acceptors (Lipinski definition) is 5. The minimum atomic E-state index is -0.929. The molecule has 0 amide bonds. The summed E-state index contributed by atoms with van der Waals surface area (Å²) in [5.74, 6) is 0.643. The number of aromatic nitrogens is 4. The molecular formula is C18H21FN6. The zero-order chi connectivity index (χ0) is 17.1. The highest BCUT2D eigenvalue weighted by molar-refractivity contribution is 5.85. The zero-order valence-corrected chi connectivity index (χ0v) is 13.9. The molecule has 6 nitrogen and oxygen atoms in total. The summed E-state index contributed by atoms with van der Waals surface area (Å²) < 4.78 is 14.7. The number of rotatable bonds is 5. The Balaban J connectivity index is 1.34. The monoisotopic (exact) mass is 340 g/mol. The van der Waals surface area contributed by atoms with E-state index in [1.165, 1.54) is 11.9 Å². The lowest BCUT2D eigenvalue weighted by molar-refractivity contribution is 0.127. The average molecular weight is 340 g/mol. The fraction of sp³-hybridized carbons (Fsp3) is 0.389. The molecule has 2 N–H and O–H groups in total. The summed E-state index contributed by atoms with van der Waals surface area (Å²) in [4.78, 5) is 10.5. The van der Waals surface area contributed by atoms with Crippen molar-refractivity contribution < 1.29 is 4.39 Å². The predicted octanol–water partition coefficient (Wildman–Crippen LogP) is 2.42. The molecule has 2 unspecified atom stereocenters. The number of piperidine rings is 1. The molecule has 0 spiro atoms. The molecule has 3 heterocycles. The third kappa shape index (κ3) is 3.61. The fourth-order valence-electron chi connectivity index (χ4n) is 3.32. The van der Waals surface area contributed by atoms with Gasteiger partial charge in [0.1, 0.15) is 18.3 Å². The molecule has 1 aromatic carbocycles. The molecule has 0 aliphatic carbocycles. The van der Waals surface area contributed by atoms with E-state index in [0.717, 1.165) is 31.3 Å². The second-order valence-corrected chi connectivity index (χ2v) is 6.45. The number of nitrogens with one attached hydrogen (secondary N) is 2. The third-order valence-electron chi connectivity index (χ3n) is 4.76. The Bertz CT molecular complexity index is 821. The Morgan fingerprint density at radius 2 is 2.12 bits per heavy atom. The Labute approximate surface area is 145 Å². The molecule has 2 atom stereocenters. The van der Waals surface area contributed by atoms with Crippen molar-refractivity contribution in [3.63, 3.8) is 0 Å². The second-order valence-electron chi connectivity index (χ2n) is 6.45. The Kier molecular flexibility index (Phi) is 4.56. The van der Waals surface area contributed by atoms with Crippen molar-refractivity contribution in [1.82, 2.24) is 25.1 Å². The van der Waals surface area contributed by atoms with Gasteiger partial charge in [0, 0.05) is 19.6 Å². The highest BCUT2D eigenvalue weighted by atomic mass is 19.1. The Morgan fingerprint density at radius 3 is 2.96 bits per heavy atom. The van der Waals surface area contributed by atoms with Crippen molar-refractivity contribution in [2.24, 2.45) is 0 Å². The van der Waals surface area contributed by atoms with Crippen molar-refractivity contribution in [3.05, 3.63) is 48.4 Å². The second kappa shape index (κ2) is 7.14. The number of alkyl halides is 1. The van der Waals surface area contributed by atoms with Crippen LogP contribution in [-0.4, -0.2) is 56.9 Å². The molecule has 4 rings (SSSR count). The van der Waals surface area contributed by atoms with Crippen LogP contribution in [0.25, 0.3) is 11.0 Å². The number of anilines is 1. The molecule has 1 saturated heterocycles. The largest absolute Gasteiger partial charge is 0.364 e. The summed E-state index contributed by atoms with van der Waals surface area (Å²) in [5.41, 5.74) is 1.95. The number of likely N-dealkylation sites (tertiary alicyclic amines) is 1. The van der Waals surface area contributed by atoms with E-state index >= 15 is 0 Å². The van der Waals surface area contributed by atoms with Crippen LogP contribution < -0.4 is 5.32 Å². The molecule has 1 fully saturated rings. The van der Waals surface area contributed by atoms with Gasteiger partial charge in [0.05, 0.1) is 17.6 Å². The van der Waals surface area contributed by atoms with Gasteiger partial charge >= 0.3 is 0 Å². The van der Waals surface area contributed by atoms with E-state index in [9.17, 15) is 4.39 Å². The quantitative estimate of drug-likeness (QED) is 0.746. The molecular weight excluding hydrogens is 319 g/mol. The van der Waals surface area contributed by atoms with Gasteiger partial charge in [-0.2, -0.15) is 5.10 Å². The number of H-pyrrole nitrogens is 1. The maximum Gasteiger partial charge on any atom is 0.160 e. The third-order valence-corrected chi connectivity index (χ3v) is 4.76. The standard InChI is InChI=1S/C18H21FN6/c19-15-11-25(8-6-13-4-2-1-3-5-13)9-7-16(15)23-17-14-10-22-24-18(14)21-12-20-17/h1-5,10,12,15-16H,6-9,11H2,(H2,20,21,22,23,24). The van der Waals surface area contributed by atoms with Crippen LogP contribution in [0.1, 0.15) is 12.0 Å². The Hall–Kier alpha value is -2.54. The van der Waals surface area contributed by atoms with Gasteiger partial charge in [0.25, 0.3) is 0 Å². The van der Waals surface area contributed by atoms with Gasteiger partial charge in [-0.1, -0.05) is 30.3 Å². The van der Waals surface area contributed by atoms with Gasteiger partial charge in [-0.15, -0.1) is 0 Å². The SMILES string of the molecule is FC1CN(CCc2ccccc2)CCC1Nc1ncnc2[nH]ncc12. The predicted molar refractivity (Wildman–Crippen MR) is 95.2 cm³/mol. The minimum Gasteiger partial charge on any atom is -0.364 e. The van der Waals surface area contributed by atoms with Crippen molar-refractivity contribution in [3.8, 4) is 0 Å². The number of halogens is 1. The molecule has 7 heteroatoms. The minimum absolute atomic E-state index is 0.235. The van der Waals surface area contributed by atoms with E-state index in [2.05, 4.69) is 42.5 Å². The van der Waals surface area contributed by atoms with Gasteiger partial charge < -0.3 is 5.32 Å². The molecule has 25 heavy (non-hydrogen) atoms. The number of aromatic amines is 1. The first-order valence-corrected chi connectivity index (χ1v) is 8.60. The summed E-state index contributed by atoms with van der Waals surface area (Å²) in [5, 5.41) is 10.8. The molecule has 0 radical (unpaired) electrons. The number of benzene rings is 1. The number of hydrogen-bond donors (Lipinski definition) is 2. The molecule has 0 bridgehead atoms. The highest BCUT2D eigenvalue weighted by Gasteiger charge is 2.29. The lowest BCUT2D eigenvalue weighted by atomic mass is 10.0. The fourth-order valence-corrected chi connectivity index (χ4v) is 3.32. The Morgan fingerprint density at radius 1 is 1.24 bits per heavy atom. The maximum absolute atomic E-state index is 14.7. The normalized spacial score (nSPS) is 21.5. The van der Waals surface area contributed by atoms with Crippen LogP contribution in [0.2, 0.25) is 0 Å². The molecule has 1 aliphatic rings. The van der Waals surface area contributed by atoms with Crippen LogP contribution in [0.5, 0.6) is 0 Å².